The summed E-state index contributed by atoms with van der Waals surface area (Å²) >= 11 is 0. The lowest BCUT2D eigenvalue weighted by Gasteiger charge is -2.30. The zero-order valence-corrected chi connectivity index (χ0v) is 13.9. The highest BCUT2D eigenvalue weighted by atomic mass is 19.1. The second kappa shape index (κ2) is 6.83. The van der Waals surface area contributed by atoms with E-state index in [4.69, 9.17) is 4.74 Å². The maximum absolute atomic E-state index is 14.6. The Bertz CT molecular complexity index is 679. The third-order valence-corrected chi connectivity index (χ3v) is 4.64. The number of carbonyl (C=O) groups is 1. The summed E-state index contributed by atoms with van der Waals surface area (Å²) in [6, 6.07) is 4.93. The molecule has 9 heteroatoms. The number of benzene rings is 1. The van der Waals surface area contributed by atoms with E-state index in [9.17, 15) is 9.18 Å². The average molecular weight is 348 g/mol. The molecule has 1 atom stereocenters. The van der Waals surface area contributed by atoms with Gasteiger partial charge in [0.05, 0.1) is 37.6 Å². The second-order valence-electron chi connectivity index (χ2n) is 6.36. The largest absolute Gasteiger partial charge is 0.442 e. The molecule has 0 aromatic heterocycles. The van der Waals surface area contributed by atoms with Crippen LogP contribution in [0.3, 0.4) is 0 Å². The van der Waals surface area contributed by atoms with Gasteiger partial charge in [-0.15, -0.1) is 0 Å². The number of carbonyl (C=O) groups excluding carboxylic acids is 1. The van der Waals surface area contributed by atoms with Crippen molar-refractivity contribution in [3.8, 4) is 0 Å². The molecule has 1 aromatic rings. The van der Waals surface area contributed by atoms with E-state index in [1.54, 1.807) is 17.1 Å². The SMILES string of the molecule is O=C1O[C@@H](CN2CCN=N2)CN1c1ccc(N2CCNCC2)c(F)c1. The molecule has 2 saturated heterocycles. The summed E-state index contributed by atoms with van der Waals surface area (Å²) in [4.78, 5) is 15.6. The number of hydrogen-bond acceptors (Lipinski definition) is 7. The Morgan fingerprint density at radius 3 is 2.84 bits per heavy atom. The lowest BCUT2D eigenvalue weighted by molar-refractivity contribution is 0.114. The fourth-order valence-electron chi connectivity index (χ4n) is 3.36. The van der Waals surface area contributed by atoms with Gasteiger partial charge in [0.2, 0.25) is 0 Å². The molecule has 1 N–H and O–H groups in total. The summed E-state index contributed by atoms with van der Waals surface area (Å²) in [6.07, 6.45) is -0.740. The predicted octanol–water partition coefficient (Wildman–Crippen LogP) is 1.24. The molecule has 0 aliphatic carbocycles. The van der Waals surface area contributed by atoms with Gasteiger partial charge in [-0.05, 0) is 18.2 Å². The van der Waals surface area contributed by atoms with E-state index in [0.717, 1.165) is 32.7 Å². The van der Waals surface area contributed by atoms with Crippen LogP contribution in [-0.4, -0.2) is 69.6 Å². The third-order valence-electron chi connectivity index (χ3n) is 4.64. The van der Waals surface area contributed by atoms with E-state index >= 15 is 0 Å². The first kappa shape index (κ1) is 16.1. The molecule has 4 rings (SSSR count). The minimum Gasteiger partial charge on any atom is -0.442 e. The van der Waals surface area contributed by atoms with Gasteiger partial charge in [-0.3, -0.25) is 9.91 Å². The van der Waals surface area contributed by atoms with Crippen LogP contribution in [0.4, 0.5) is 20.6 Å². The monoisotopic (exact) mass is 348 g/mol. The molecular formula is C16H21FN6O2. The van der Waals surface area contributed by atoms with Crippen molar-refractivity contribution >= 4 is 17.5 Å². The minimum absolute atomic E-state index is 0.291. The fraction of sp³-hybridized carbons (Fsp3) is 0.562. The first-order chi connectivity index (χ1) is 12.2. The van der Waals surface area contributed by atoms with Crippen LogP contribution >= 0.6 is 0 Å². The number of hydrogen-bond donors (Lipinski definition) is 1. The summed E-state index contributed by atoms with van der Waals surface area (Å²) in [6.45, 7) is 5.53. The highest BCUT2D eigenvalue weighted by Gasteiger charge is 2.34. The number of ether oxygens (including phenoxy) is 1. The quantitative estimate of drug-likeness (QED) is 0.886. The van der Waals surface area contributed by atoms with Crippen LogP contribution in [0.5, 0.6) is 0 Å². The maximum atomic E-state index is 14.6. The normalized spacial score (nSPS) is 23.5. The molecule has 8 nitrogen and oxygen atoms in total. The lowest BCUT2D eigenvalue weighted by Crippen LogP contribution is -2.43. The van der Waals surface area contributed by atoms with Crippen LogP contribution in [0.1, 0.15) is 0 Å². The molecule has 0 unspecified atom stereocenters. The van der Waals surface area contributed by atoms with Gasteiger partial charge in [-0.2, -0.15) is 5.11 Å². The molecular weight excluding hydrogens is 327 g/mol. The number of cyclic esters (lactones) is 1. The van der Waals surface area contributed by atoms with Gasteiger partial charge in [0.25, 0.3) is 0 Å². The standard InChI is InChI=1S/C16H21FN6O2/c17-14-9-12(1-2-15(14)21-6-3-18-4-7-21)23-11-13(25-16(23)24)10-22-8-5-19-20-22/h1-2,9,13,18H,3-8,10-11H2/t13-/m0/s1. The minimum atomic E-state index is -0.449. The molecule has 2 fully saturated rings. The van der Waals surface area contributed by atoms with Crippen LogP contribution in [0.15, 0.2) is 28.5 Å². The van der Waals surface area contributed by atoms with Crippen molar-refractivity contribution in [2.24, 2.45) is 10.3 Å². The zero-order chi connectivity index (χ0) is 17.2. The third kappa shape index (κ3) is 3.37. The summed E-state index contributed by atoms with van der Waals surface area (Å²) in [5, 5.41) is 12.9. The topological polar surface area (TPSA) is 72.8 Å². The van der Waals surface area contributed by atoms with Gasteiger partial charge < -0.3 is 15.0 Å². The average Bonchev–Trinajstić information content (AvgIpc) is 3.25. The molecule has 3 aliphatic rings. The number of nitrogens with one attached hydrogen (secondary N) is 1. The van der Waals surface area contributed by atoms with Gasteiger partial charge >= 0.3 is 6.09 Å². The van der Waals surface area contributed by atoms with Crippen molar-refractivity contribution in [2.75, 3.05) is 62.2 Å². The van der Waals surface area contributed by atoms with E-state index in [1.165, 1.54) is 11.0 Å². The smallest absolute Gasteiger partial charge is 0.414 e. The number of piperazine rings is 1. The van der Waals surface area contributed by atoms with Crippen molar-refractivity contribution < 1.29 is 13.9 Å². The molecule has 0 saturated carbocycles. The Kier molecular flexibility index (Phi) is 4.39. The Morgan fingerprint density at radius 1 is 1.28 bits per heavy atom. The summed E-state index contributed by atoms with van der Waals surface area (Å²) in [5.74, 6) is -0.316. The van der Waals surface area contributed by atoms with Crippen LogP contribution in [0.25, 0.3) is 0 Å². The Balaban J connectivity index is 1.45. The van der Waals surface area contributed by atoms with Crippen LogP contribution in [0.2, 0.25) is 0 Å². The molecule has 1 amide bonds. The zero-order valence-electron chi connectivity index (χ0n) is 13.9. The molecule has 3 aliphatic heterocycles. The van der Waals surface area contributed by atoms with E-state index < -0.39 is 6.09 Å². The predicted molar refractivity (Wildman–Crippen MR) is 90.4 cm³/mol. The Morgan fingerprint density at radius 2 is 2.12 bits per heavy atom. The number of anilines is 2. The first-order valence-corrected chi connectivity index (χ1v) is 8.56. The van der Waals surface area contributed by atoms with Crippen LogP contribution in [0, 0.1) is 5.82 Å². The number of amides is 1. The summed E-state index contributed by atoms with van der Waals surface area (Å²) < 4.78 is 19.9. The van der Waals surface area contributed by atoms with Crippen molar-refractivity contribution in [1.82, 2.24) is 10.3 Å². The van der Waals surface area contributed by atoms with Gasteiger partial charge in [-0.25, -0.2) is 9.18 Å². The number of rotatable bonds is 4. The Labute approximate surface area is 145 Å². The van der Waals surface area contributed by atoms with Gasteiger partial charge in [0, 0.05) is 26.2 Å². The lowest BCUT2D eigenvalue weighted by atomic mass is 10.2. The van der Waals surface area contributed by atoms with Gasteiger partial charge in [0.15, 0.2) is 0 Å². The molecule has 25 heavy (non-hydrogen) atoms. The fourth-order valence-corrected chi connectivity index (χ4v) is 3.36. The molecule has 3 heterocycles. The van der Waals surface area contributed by atoms with E-state index in [2.05, 4.69) is 15.7 Å². The van der Waals surface area contributed by atoms with E-state index in [1.807, 2.05) is 4.90 Å². The molecule has 0 bridgehead atoms. The number of halogens is 1. The first-order valence-electron chi connectivity index (χ1n) is 8.56. The number of nitrogens with zero attached hydrogens (tertiary/aromatic N) is 5. The molecule has 0 spiro atoms. The van der Waals surface area contributed by atoms with Gasteiger partial charge in [-0.1, -0.05) is 5.22 Å². The Hall–Kier alpha value is -2.42. The van der Waals surface area contributed by atoms with E-state index in [0.29, 0.717) is 31.0 Å². The highest BCUT2D eigenvalue weighted by Crippen LogP contribution is 2.28. The molecule has 1 aromatic carbocycles. The maximum Gasteiger partial charge on any atom is 0.414 e. The van der Waals surface area contributed by atoms with Crippen LogP contribution < -0.4 is 15.1 Å². The van der Waals surface area contributed by atoms with Crippen molar-refractivity contribution in [2.45, 2.75) is 6.10 Å². The van der Waals surface area contributed by atoms with Crippen molar-refractivity contribution in [3.63, 3.8) is 0 Å². The van der Waals surface area contributed by atoms with E-state index in [-0.39, 0.29) is 11.9 Å². The van der Waals surface area contributed by atoms with Gasteiger partial charge in [0.1, 0.15) is 11.9 Å². The van der Waals surface area contributed by atoms with Crippen molar-refractivity contribution in [3.05, 3.63) is 24.0 Å². The molecule has 134 valence electrons. The van der Waals surface area contributed by atoms with Crippen LogP contribution in [-0.2, 0) is 4.74 Å². The summed E-state index contributed by atoms with van der Waals surface area (Å²) in [7, 11) is 0. The molecule has 0 radical (unpaired) electrons. The summed E-state index contributed by atoms with van der Waals surface area (Å²) in [5.41, 5.74) is 1.10. The highest BCUT2D eigenvalue weighted by molar-refractivity contribution is 5.90. The second-order valence-corrected chi connectivity index (χ2v) is 6.36. The van der Waals surface area contributed by atoms with Crippen molar-refractivity contribution in [1.29, 1.82) is 0 Å².